The summed E-state index contributed by atoms with van der Waals surface area (Å²) in [5.74, 6) is -1.12. The van der Waals surface area contributed by atoms with Crippen LogP contribution in [-0.2, 0) is 11.2 Å². The molecule has 1 atom stereocenters. The maximum Gasteiger partial charge on any atom is 0.408 e. The summed E-state index contributed by atoms with van der Waals surface area (Å²) >= 11 is 0. The lowest BCUT2D eigenvalue weighted by molar-refractivity contribution is 0.0485. The first-order chi connectivity index (χ1) is 14.1. The third kappa shape index (κ3) is 6.95. The van der Waals surface area contributed by atoms with Crippen LogP contribution < -0.4 is 14.8 Å². The topological polar surface area (TPSA) is 107 Å². The number of ether oxygens (including phenoxy) is 3. The molecule has 8 heteroatoms. The molecule has 1 heterocycles. The van der Waals surface area contributed by atoms with Crippen molar-refractivity contribution in [2.45, 2.75) is 45.8 Å². The lowest BCUT2D eigenvalue weighted by Gasteiger charge is -2.24. The van der Waals surface area contributed by atoms with Crippen LogP contribution in [0.25, 0.3) is 0 Å². The third-order valence-corrected chi connectivity index (χ3v) is 3.97. The van der Waals surface area contributed by atoms with Crippen molar-refractivity contribution in [3.63, 3.8) is 0 Å². The number of rotatable bonds is 8. The highest BCUT2D eigenvalue weighted by Gasteiger charge is 2.24. The van der Waals surface area contributed by atoms with E-state index in [-0.39, 0.29) is 23.8 Å². The standard InChI is InChI=1S/C22H28N2O6/c1-14-11-17(18(20(25)26)19(23-14)28-5)29-13-16(12-15-9-7-6-8-10-15)24-21(27)30-22(2,3)4/h6-11,16H,12-13H2,1-5H3,(H,24,27)(H,25,26)/t16-/m1/s1. The Morgan fingerprint density at radius 2 is 1.87 bits per heavy atom. The number of nitrogens with zero attached hydrogens (tertiary/aromatic N) is 1. The zero-order valence-electron chi connectivity index (χ0n) is 17.9. The fourth-order valence-electron chi connectivity index (χ4n) is 2.79. The number of hydrogen-bond acceptors (Lipinski definition) is 6. The largest absolute Gasteiger partial charge is 0.490 e. The van der Waals surface area contributed by atoms with Crippen molar-refractivity contribution in [2.75, 3.05) is 13.7 Å². The summed E-state index contributed by atoms with van der Waals surface area (Å²) in [6, 6.07) is 10.7. The minimum atomic E-state index is -1.21. The molecule has 0 aliphatic carbocycles. The predicted octanol–water partition coefficient (Wildman–Crippen LogP) is 3.61. The Bertz CT molecular complexity index is 877. The van der Waals surface area contributed by atoms with E-state index in [1.807, 2.05) is 30.3 Å². The Hall–Kier alpha value is -3.29. The van der Waals surface area contributed by atoms with Gasteiger partial charge in [-0.15, -0.1) is 0 Å². The number of amides is 1. The molecule has 1 aromatic heterocycles. The van der Waals surface area contributed by atoms with Crippen LogP contribution in [0.3, 0.4) is 0 Å². The fourth-order valence-corrected chi connectivity index (χ4v) is 2.79. The van der Waals surface area contributed by atoms with Gasteiger partial charge in [0.1, 0.15) is 18.0 Å². The summed E-state index contributed by atoms with van der Waals surface area (Å²) < 4.78 is 16.3. The van der Waals surface area contributed by atoms with E-state index in [4.69, 9.17) is 14.2 Å². The number of alkyl carbamates (subject to hydrolysis) is 1. The predicted molar refractivity (Wildman–Crippen MR) is 111 cm³/mol. The van der Waals surface area contributed by atoms with Crippen LogP contribution in [0, 0.1) is 6.92 Å². The quantitative estimate of drug-likeness (QED) is 0.677. The molecule has 2 aromatic rings. The summed E-state index contributed by atoms with van der Waals surface area (Å²) in [6.45, 7) is 7.07. The van der Waals surface area contributed by atoms with Crippen LogP contribution in [0.2, 0.25) is 0 Å². The lowest BCUT2D eigenvalue weighted by atomic mass is 10.1. The number of aromatic carboxylic acids is 1. The van der Waals surface area contributed by atoms with E-state index in [1.165, 1.54) is 13.2 Å². The van der Waals surface area contributed by atoms with Crippen molar-refractivity contribution < 1.29 is 28.9 Å². The first kappa shape index (κ1) is 23.0. The number of carboxylic acids is 1. The number of nitrogens with one attached hydrogen (secondary N) is 1. The average molecular weight is 416 g/mol. The van der Waals surface area contributed by atoms with Crippen molar-refractivity contribution in [1.29, 1.82) is 0 Å². The fraction of sp³-hybridized carbons (Fsp3) is 0.409. The molecular weight excluding hydrogens is 388 g/mol. The molecule has 30 heavy (non-hydrogen) atoms. The number of hydrogen-bond donors (Lipinski definition) is 2. The number of methoxy groups -OCH3 is 1. The van der Waals surface area contributed by atoms with Gasteiger partial charge in [0.2, 0.25) is 5.88 Å². The Balaban J connectivity index is 2.22. The van der Waals surface area contributed by atoms with Crippen LogP contribution in [-0.4, -0.2) is 47.5 Å². The number of carbonyl (C=O) groups excluding carboxylic acids is 1. The van der Waals surface area contributed by atoms with Crippen LogP contribution in [0.4, 0.5) is 4.79 Å². The Kier molecular flexibility index (Phi) is 7.63. The van der Waals surface area contributed by atoms with Gasteiger partial charge in [-0.25, -0.2) is 14.6 Å². The van der Waals surface area contributed by atoms with Crippen molar-refractivity contribution in [3.05, 3.63) is 53.2 Å². The summed E-state index contributed by atoms with van der Waals surface area (Å²) in [6.07, 6.45) is -0.0991. The second kappa shape index (κ2) is 9.96. The molecule has 0 radical (unpaired) electrons. The monoisotopic (exact) mass is 416 g/mol. The SMILES string of the molecule is COc1nc(C)cc(OC[C@@H](Cc2ccccc2)NC(=O)OC(C)(C)C)c1C(=O)O. The molecule has 0 aliphatic heterocycles. The van der Waals surface area contributed by atoms with Gasteiger partial charge in [0.05, 0.1) is 13.2 Å². The minimum Gasteiger partial charge on any atom is -0.490 e. The van der Waals surface area contributed by atoms with Crippen molar-refractivity contribution >= 4 is 12.1 Å². The van der Waals surface area contributed by atoms with Gasteiger partial charge in [0.25, 0.3) is 0 Å². The maximum absolute atomic E-state index is 12.3. The second-order valence-corrected chi connectivity index (χ2v) is 7.80. The van der Waals surface area contributed by atoms with E-state index in [0.29, 0.717) is 12.1 Å². The van der Waals surface area contributed by atoms with Crippen LogP contribution >= 0.6 is 0 Å². The highest BCUT2D eigenvalue weighted by atomic mass is 16.6. The Morgan fingerprint density at radius 3 is 2.43 bits per heavy atom. The Labute approximate surface area is 176 Å². The summed E-state index contributed by atoms with van der Waals surface area (Å²) in [4.78, 5) is 28.1. The molecule has 0 saturated heterocycles. The molecule has 2 N–H and O–H groups in total. The molecule has 0 unspecified atom stereocenters. The highest BCUT2D eigenvalue weighted by Crippen LogP contribution is 2.28. The van der Waals surface area contributed by atoms with Gasteiger partial charge in [-0.1, -0.05) is 30.3 Å². The first-order valence-electron chi connectivity index (χ1n) is 9.54. The number of pyridine rings is 1. The molecule has 0 spiro atoms. The average Bonchev–Trinajstić information content (AvgIpc) is 2.64. The van der Waals surface area contributed by atoms with E-state index in [2.05, 4.69) is 10.3 Å². The van der Waals surface area contributed by atoms with Gasteiger partial charge >= 0.3 is 12.1 Å². The highest BCUT2D eigenvalue weighted by molar-refractivity contribution is 5.93. The number of carbonyl (C=O) groups is 2. The van der Waals surface area contributed by atoms with Gasteiger partial charge in [0.15, 0.2) is 5.56 Å². The molecule has 0 fully saturated rings. The summed E-state index contributed by atoms with van der Waals surface area (Å²) in [5.41, 5.74) is 0.725. The van der Waals surface area contributed by atoms with E-state index in [9.17, 15) is 14.7 Å². The Morgan fingerprint density at radius 1 is 1.20 bits per heavy atom. The number of aryl methyl sites for hydroxylation is 1. The zero-order chi connectivity index (χ0) is 22.3. The molecule has 1 amide bonds. The molecule has 0 bridgehead atoms. The molecule has 8 nitrogen and oxygen atoms in total. The minimum absolute atomic E-state index is 0.0288. The molecule has 0 saturated carbocycles. The van der Waals surface area contributed by atoms with E-state index < -0.39 is 23.7 Å². The number of carboxylic acid groups (broad SMARTS) is 1. The summed E-state index contributed by atoms with van der Waals surface area (Å²) in [5, 5.41) is 12.4. The lowest BCUT2D eigenvalue weighted by Crippen LogP contribution is -2.43. The van der Waals surface area contributed by atoms with E-state index in [1.54, 1.807) is 27.7 Å². The first-order valence-corrected chi connectivity index (χ1v) is 9.54. The van der Waals surface area contributed by atoms with Gasteiger partial charge in [-0.05, 0) is 39.7 Å². The normalized spacial score (nSPS) is 12.0. The smallest absolute Gasteiger partial charge is 0.408 e. The van der Waals surface area contributed by atoms with Gasteiger partial charge < -0.3 is 24.6 Å². The molecule has 1 aromatic carbocycles. The van der Waals surface area contributed by atoms with Crippen LogP contribution in [0.1, 0.15) is 42.4 Å². The maximum atomic E-state index is 12.3. The summed E-state index contributed by atoms with van der Waals surface area (Å²) in [7, 11) is 1.35. The van der Waals surface area contributed by atoms with Gasteiger partial charge in [-0.2, -0.15) is 0 Å². The van der Waals surface area contributed by atoms with Gasteiger partial charge in [0, 0.05) is 11.8 Å². The molecule has 162 valence electrons. The number of aromatic nitrogens is 1. The molecular formula is C22H28N2O6. The third-order valence-electron chi connectivity index (χ3n) is 3.97. The second-order valence-electron chi connectivity index (χ2n) is 7.80. The van der Waals surface area contributed by atoms with Crippen LogP contribution in [0.5, 0.6) is 11.6 Å². The van der Waals surface area contributed by atoms with Crippen LogP contribution in [0.15, 0.2) is 36.4 Å². The van der Waals surface area contributed by atoms with E-state index >= 15 is 0 Å². The molecule has 2 rings (SSSR count). The van der Waals surface area contributed by atoms with Crippen molar-refractivity contribution in [1.82, 2.24) is 10.3 Å². The van der Waals surface area contributed by atoms with Crippen molar-refractivity contribution in [2.24, 2.45) is 0 Å². The molecule has 0 aliphatic rings. The van der Waals surface area contributed by atoms with Gasteiger partial charge in [-0.3, -0.25) is 0 Å². The van der Waals surface area contributed by atoms with Crippen molar-refractivity contribution in [3.8, 4) is 11.6 Å². The number of benzene rings is 1. The van der Waals surface area contributed by atoms with E-state index in [0.717, 1.165) is 5.56 Å². The zero-order valence-corrected chi connectivity index (χ0v) is 17.9.